The first-order valence-electron chi connectivity index (χ1n) is 7.84. The summed E-state index contributed by atoms with van der Waals surface area (Å²) in [5, 5.41) is 12.4. The molecule has 25 heavy (non-hydrogen) atoms. The Labute approximate surface area is 144 Å². The van der Waals surface area contributed by atoms with Crippen LogP contribution in [0.1, 0.15) is 19.2 Å². The molecule has 0 radical (unpaired) electrons. The molecule has 2 aromatic rings. The lowest BCUT2D eigenvalue weighted by Gasteiger charge is -2.21. The third-order valence-electron chi connectivity index (χ3n) is 3.86. The largest absolute Gasteiger partial charge is 0.391 e. The van der Waals surface area contributed by atoms with E-state index in [-0.39, 0.29) is 24.8 Å². The molecule has 9 nitrogen and oxygen atoms in total. The van der Waals surface area contributed by atoms with E-state index >= 15 is 0 Å². The molecule has 9 heteroatoms. The van der Waals surface area contributed by atoms with Gasteiger partial charge in [-0.15, -0.1) is 0 Å². The van der Waals surface area contributed by atoms with Gasteiger partial charge in [0, 0.05) is 26.1 Å². The third kappa shape index (κ3) is 3.77. The number of carbonyl (C=O) groups is 2. The average Bonchev–Trinajstić information content (AvgIpc) is 2.97. The maximum atomic E-state index is 12.5. The molecule has 2 amide bonds. The Kier molecular flexibility index (Phi) is 4.66. The summed E-state index contributed by atoms with van der Waals surface area (Å²) in [5.41, 5.74) is 0.560. The number of β-amino-alcohol motifs (C(OH)–C–C–N with tert-alkyl or cyclic N) is 1. The van der Waals surface area contributed by atoms with Crippen LogP contribution in [0.3, 0.4) is 0 Å². The molecule has 3 rings (SSSR count). The van der Waals surface area contributed by atoms with Gasteiger partial charge in [-0.2, -0.15) is 9.97 Å². The van der Waals surface area contributed by atoms with E-state index in [2.05, 4.69) is 25.3 Å². The molecular weight excluding hydrogens is 324 g/mol. The Morgan fingerprint density at radius 1 is 1.28 bits per heavy atom. The number of aliphatic hydroxyl groups is 1. The summed E-state index contributed by atoms with van der Waals surface area (Å²) >= 11 is 0. The van der Waals surface area contributed by atoms with Crippen molar-refractivity contribution in [2.75, 3.05) is 11.9 Å². The summed E-state index contributed by atoms with van der Waals surface area (Å²) in [6.07, 6.45) is 1.09. The van der Waals surface area contributed by atoms with E-state index in [9.17, 15) is 14.7 Å². The van der Waals surface area contributed by atoms with E-state index in [0.717, 1.165) is 0 Å². The van der Waals surface area contributed by atoms with E-state index in [1.165, 1.54) is 11.8 Å². The number of nitrogens with one attached hydrogen (secondary N) is 1. The third-order valence-corrected chi connectivity index (χ3v) is 3.86. The average molecular weight is 342 g/mol. The highest BCUT2D eigenvalue weighted by Crippen LogP contribution is 2.20. The number of likely N-dealkylation sites (tertiary alicyclic amines) is 1. The minimum Gasteiger partial charge on any atom is -0.391 e. The monoisotopic (exact) mass is 342 g/mol. The zero-order valence-electron chi connectivity index (χ0n) is 13.9. The lowest BCUT2D eigenvalue weighted by atomic mass is 10.2. The fourth-order valence-electron chi connectivity index (χ4n) is 2.75. The predicted octanol–water partition coefficient (Wildman–Crippen LogP) is 0.162. The van der Waals surface area contributed by atoms with Crippen LogP contribution in [-0.2, 0) is 9.59 Å². The first kappa shape index (κ1) is 16.9. The lowest BCUT2D eigenvalue weighted by molar-refractivity contribution is -0.134. The number of hydrogen-bond donors (Lipinski definition) is 2. The van der Waals surface area contributed by atoms with E-state index in [1.54, 1.807) is 25.3 Å². The van der Waals surface area contributed by atoms with Crippen molar-refractivity contribution in [1.29, 1.82) is 0 Å². The highest BCUT2D eigenvalue weighted by molar-refractivity contribution is 5.96. The molecule has 1 aliphatic rings. The van der Waals surface area contributed by atoms with Gasteiger partial charge in [0.05, 0.1) is 6.10 Å². The minimum atomic E-state index is -0.747. The van der Waals surface area contributed by atoms with Crippen molar-refractivity contribution >= 4 is 17.8 Å². The van der Waals surface area contributed by atoms with Crippen LogP contribution >= 0.6 is 0 Å². The standard InChI is InChI=1S/C16H18N6O3/c1-9-18-14(12-5-3-4-6-17-12)20-16(19-9)21-15(25)13-7-11(24)8-22(13)10(2)23/h3-6,11,13,24H,7-8H2,1-2H3,(H,18,19,20,21,25). The van der Waals surface area contributed by atoms with Crippen molar-refractivity contribution in [3.8, 4) is 11.5 Å². The van der Waals surface area contributed by atoms with Crippen LogP contribution in [0.5, 0.6) is 0 Å². The molecule has 1 saturated heterocycles. The SMILES string of the molecule is CC(=O)N1CC(O)CC1C(=O)Nc1nc(C)nc(-c2ccccn2)n1. The minimum absolute atomic E-state index is 0.0862. The van der Waals surface area contributed by atoms with Crippen LogP contribution in [0.25, 0.3) is 11.5 Å². The number of pyridine rings is 1. The van der Waals surface area contributed by atoms with Gasteiger partial charge in [-0.25, -0.2) is 4.98 Å². The first-order valence-corrected chi connectivity index (χ1v) is 7.84. The summed E-state index contributed by atoms with van der Waals surface area (Å²) in [5.74, 6) is 0.157. The van der Waals surface area contributed by atoms with Gasteiger partial charge in [0.15, 0.2) is 5.82 Å². The maximum Gasteiger partial charge on any atom is 0.249 e. The van der Waals surface area contributed by atoms with Crippen LogP contribution in [0, 0.1) is 6.92 Å². The van der Waals surface area contributed by atoms with Gasteiger partial charge in [-0.1, -0.05) is 6.07 Å². The van der Waals surface area contributed by atoms with Crippen LogP contribution in [-0.4, -0.2) is 60.4 Å². The predicted molar refractivity (Wildman–Crippen MR) is 88.2 cm³/mol. The maximum absolute atomic E-state index is 12.5. The first-order chi connectivity index (χ1) is 11.9. The van der Waals surface area contributed by atoms with Crippen molar-refractivity contribution in [3.05, 3.63) is 30.2 Å². The van der Waals surface area contributed by atoms with E-state index in [1.807, 2.05) is 6.07 Å². The van der Waals surface area contributed by atoms with Crippen LogP contribution in [0.4, 0.5) is 5.95 Å². The Bertz CT molecular complexity index is 798. The van der Waals surface area contributed by atoms with Gasteiger partial charge in [0.25, 0.3) is 0 Å². The number of hydrogen-bond acceptors (Lipinski definition) is 7. The second-order valence-corrected chi connectivity index (χ2v) is 5.81. The van der Waals surface area contributed by atoms with Crippen molar-refractivity contribution in [2.45, 2.75) is 32.4 Å². The molecule has 2 atom stereocenters. The molecule has 2 unspecified atom stereocenters. The van der Waals surface area contributed by atoms with Gasteiger partial charge >= 0.3 is 0 Å². The molecular formula is C16H18N6O3. The topological polar surface area (TPSA) is 121 Å². The van der Waals surface area contributed by atoms with Gasteiger partial charge < -0.3 is 10.0 Å². The quantitative estimate of drug-likeness (QED) is 0.815. The summed E-state index contributed by atoms with van der Waals surface area (Å²) in [4.78, 5) is 42.2. The van der Waals surface area contributed by atoms with Gasteiger partial charge in [0.1, 0.15) is 17.6 Å². The molecule has 1 aliphatic heterocycles. The summed E-state index contributed by atoms with van der Waals surface area (Å²) < 4.78 is 0. The summed E-state index contributed by atoms with van der Waals surface area (Å²) in [6.45, 7) is 3.19. The fraction of sp³-hybridized carbons (Fsp3) is 0.375. The number of anilines is 1. The number of rotatable bonds is 3. The molecule has 3 heterocycles. The molecule has 2 aromatic heterocycles. The molecule has 2 N–H and O–H groups in total. The normalized spacial score (nSPS) is 19.7. The number of aromatic nitrogens is 4. The smallest absolute Gasteiger partial charge is 0.249 e. The Morgan fingerprint density at radius 3 is 2.76 bits per heavy atom. The van der Waals surface area contributed by atoms with E-state index in [0.29, 0.717) is 17.3 Å². The zero-order valence-corrected chi connectivity index (χ0v) is 13.9. The van der Waals surface area contributed by atoms with E-state index < -0.39 is 18.1 Å². The van der Waals surface area contributed by atoms with Crippen LogP contribution in [0.2, 0.25) is 0 Å². The fourth-order valence-corrected chi connectivity index (χ4v) is 2.75. The number of amides is 2. The molecule has 0 saturated carbocycles. The molecule has 1 fully saturated rings. The Hall–Kier alpha value is -2.94. The molecule has 0 aliphatic carbocycles. The van der Waals surface area contributed by atoms with Gasteiger partial charge in [-0.3, -0.25) is 19.9 Å². The van der Waals surface area contributed by atoms with Gasteiger partial charge in [-0.05, 0) is 19.1 Å². The molecule has 0 spiro atoms. The highest BCUT2D eigenvalue weighted by atomic mass is 16.3. The number of aryl methyl sites for hydroxylation is 1. The molecule has 130 valence electrons. The number of aliphatic hydroxyl groups excluding tert-OH is 1. The van der Waals surface area contributed by atoms with E-state index in [4.69, 9.17) is 0 Å². The van der Waals surface area contributed by atoms with Crippen molar-refractivity contribution < 1.29 is 14.7 Å². The Balaban J connectivity index is 1.82. The van der Waals surface area contributed by atoms with Crippen LogP contribution in [0.15, 0.2) is 24.4 Å². The van der Waals surface area contributed by atoms with Crippen molar-refractivity contribution in [1.82, 2.24) is 24.8 Å². The zero-order chi connectivity index (χ0) is 18.0. The lowest BCUT2D eigenvalue weighted by Crippen LogP contribution is -2.42. The van der Waals surface area contributed by atoms with Gasteiger partial charge in [0.2, 0.25) is 17.8 Å². The van der Waals surface area contributed by atoms with Crippen LogP contribution < -0.4 is 5.32 Å². The Morgan fingerprint density at radius 2 is 2.08 bits per heavy atom. The second-order valence-electron chi connectivity index (χ2n) is 5.81. The highest BCUT2D eigenvalue weighted by Gasteiger charge is 2.37. The summed E-state index contributed by atoms with van der Waals surface area (Å²) in [7, 11) is 0. The summed E-state index contributed by atoms with van der Waals surface area (Å²) in [6, 6.07) is 4.60. The van der Waals surface area contributed by atoms with Crippen molar-refractivity contribution in [2.24, 2.45) is 0 Å². The number of nitrogens with zero attached hydrogens (tertiary/aromatic N) is 5. The van der Waals surface area contributed by atoms with Crippen molar-refractivity contribution in [3.63, 3.8) is 0 Å². The number of carbonyl (C=O) groups excluding carboxylic acids is 2. The molecule has 0 bridgehead atoms. The molecule has 0 aromatic carbocycles. The second kappa shape index (κ2) is 6.89.